The summed E-state index contributed by atoms with van der Waals surface area (Å²) in [7, 11) is 0. The zero-order valence-electron chi connectivity index (χ0n) is 10.8. The van der Waals surface area contributed by atoms with Crippen LogP contribution in [0.15, 0.2) is 5.38 Å². The van der Waals surface area contributed by atoms with Crippen molar-refractivity contribution < 1.29 is 19.5 Å². The maximum absolute atomic E-state index is 11.9. The first-order valence-corrected chi connectivity index (χ1v) is 6.72. The van der Waals surface area contributed by atoms with Crippen molar-refractivity contribution in [3.63, 3.8) is 0 Å². The Bertz CT molecular complexity index is 514. The molecule has 2 atom stereocenters. The zero-order chi connectivity index (χ0) is 15.3. The summed E-state index contributed by atoms with van der Waals surface area (Å²) in [6.45, 7) is 1.73. The number of carboxylic acid groups (broad SMARTS) is 1. The minimum absolute atomic E-state index is 0.0688. The molecular weight excluding hydrogens is 284 g/mol. The number of carbonyl (C=O) groups is 3. The van der Waals surface area contributed by atoms with E-state index in [4.69, 9.17) is 16.6 Å². The quantitative estimate of drug-likeness (QED) is 0.539. The Morgan fingerprint density at radius 3 is 2.60 bits per heavy atom. The number of hydrogen-bond acceptors (Lipinski definition) is 6. The molecule has 0 fully saturated rings. The Labute approximate surface area is 119 Å². The molecule has 0 radical (unpaired) electrons. The molecule has 1 heterocycles. The molecule has 1 aromatic rings. The van der Waals surface area contributed by atoms with Crippen molar-refractivity contribution in [2.75, 3.05) is 0 Å². The van der Waals surface area contributed by atoms with Crippen LogP contribution in [-0.4, -0.2) is 33.9 Å². The van der Waals surface area contributed by atoms with E-state index in [-0.39, 0.29) is 24.6 Å². The van der Waals surface area contributed by atoms with Gasteiger partial charge in [0.05, 0.1) is 6.04 Å². The zero-order valence-corrected chi connectivity index (χ0v) is 11.6. The number of amides is 2. The monoisotopic (exact) mass is 300 g/mol. The van der Waals surface area contributed by atoms with Gasteiger partial charge in [-0.1, -0.05) is 0 Å². The third-order valence-corrected chi connectivity index (χ3v) is 3.47. The number of rotatable bonds is 7. The Balaban J connectivity index is 2.69. The second kappa shape index (κ2) is 6.96. The maximum atomic E-state index is 11.9. The summed E-state index contributed by atoms with van der Waals surface area (Å²) < 4.78 is 0. The number of primary amides is 1. The highest BCUT2D eigenvalue weighted by atomic mass is 32.1. The predicted molar refractivity (Wildman–Crippen MR) is 72.0 cm³/mol. The van der Waals surface area contributed by atoms with Crippen molar-refractivity contribution in [1.82, 2.24) is 10.3 Å². The van der Waals surface area contributed by atoms with Gasteiger partial charge in [0.2, 0.25) is 5.91 Å². The third-order valence-electron chi connectivity index (χ3n) is 2.43. The van der Waals surface area contributed by atoms with Crippen molar-refractivity contribution >= 4 is 29.1 Å². The molecule has 0 aliphatic carbocycles. The van der Waals surface area contributed by atoms with E-state index in [0.29, 0.717) is 5.01 Å². The molecule has 0 spiro atoms. The van der Waals surface area contributed by atoms with Gasteiger partial charge in [0.25, 0.3) is 5.91 Å². The molecule has 0 aliphatic heterocycles. The SMILES string of the molecule is CC(N)c1nc(C(=O)NC(CCC(N)=O)C(=O)O)cs1. The molecule has 0 aliphatic rings. The van der Waals surface area contributed by atoms with Crippen molar-refractivity contribution in [2.24, 2.45) is 11.5 Å². The molecule has 0 saturated heterocycles. The van der Waals surface area contributed by atoms with E-state index in [1.165, 1.54) is 16.7 Å². The summed E-state index contributed by atoms with van der Waals surface area (Å²) in [6.07, 6.45) is -0.194. The van der Waals surface area contributed by atoms with E-state index in [1.807, 2.05) is 0 Å². The largest absolute Gasteiger partial charge is 0.480 e. The molecule has 0 saturated carbocycles. The van der Waals surface area contributed by atoms with Crippen LogP contribution in [0.4, 0.5) is 0 Å². The van der Waals surface area contributed by atoms with Crippen LogP contribution in [0.3, 0.4) is 0 Å². The van der Waals surface area contributed by atoms with Crippen molar-refractivity contribution in [3.8, 4) is 0 Å². The molecule has 0 bridgehead atoms. The van der Waals surface area contributed by atoms with Gasteiger partial charge in [0.15, 0.2) is 0 Å². The number of thiazole rings is 1. The van der Waals surface area contributed by atoms with Gasteiger partial charge in [-0.2, -0.15) is 0 Å². The average Bonchev–Trinajstić information content (AvgIpc) is 2.83. The predicted octanol–water partition coefficient (Wildman–Crippen LogP) is -0.389. The Morgan fingerprint density at radius 2 is 2.15 bits per heavy atom. The number of nitrogens with one attached hydrogen (secondary N) is 1. The highest BCUT2D eigenvalue weighted by Gasteiger charge is 2.22. The number of nitrogens with two attached hydrogens (primary N) is 2. The highest BCUT2D eigenvalue weighted by molar-refractivity contribution is 7.09. The van der Waals surface area contributed by atoms with Crippen LogP contribution in [0.1, 0.15) is 41.3 Å². The Morgan fingerprint density at radius 1 is 1.50 bits per heavy atom. The fraction of sp³-hybridized carbons (Fsp3) is 0.455. The first-order chi connectivity index (χ1) is 9.31. The van der Waals surface area contributed by atoms with E-state index >= 15 is 0 Å². The van der Waals surface area contributed by atoms with E-state index in [9.17, 15) is 14.4 Å². The van der Waals surface area contributed by atoms with E-state index < -0.39 is 23.8 Å². The molecule has 2 unspecified atom stereocenters. The van der Waals surface area contributed by atoms with E-state index in [0.717, 1.165) is 0 Å². The number of nitrogens with zero attached hydrogens (tertiary/aromatic N) is 1. The molecule has 6 N–H and O–H groups in total. The lowest BCUT2D eigenvalue weighted by Gasteiger charge is -2.12. The molecule has 20 heavy (non-hydrogen) atoms. The summed E-state index contributed by atoms with van der Waals surface area (Å²) in [5.74, 6) is -2.48. The van der Waals surface area contributed by atoms with Gasteiger partial charge in [-0.25, -0.2) is 9.78 Å². The van der Waals surface area contributed by atoms with Crippen molar-refractivity contribution in [1.29, 1.82) is 0 Å². The minimum atomic E-state index is -1.23. The molecule has 2 amide bonds. The lowest BCUT2D eigenvalue weighted by molar-refractivity contribution is -0.139. The number of carboxylic acids is 1. The van der Waals surface area contributed by atoms with Gasteiger partial charge < -0.3 is 21.9 Å². The first kappa shape index (κ1) is 16.1. The topological polar surface area (TPSA) is 148 Å². The highest BCUT2D eigenvalue weighted by Crippen LogP contribution is 2.15. The van der Waals surface area contributed by atoms with Gasteiger partial charge in [0.1, 0.15) is 16.7 Å². The smallest absolute Gasteiger partial charge is 0.326 e. The van der Waals surface area contributed by atoms with Crippen molar-refractivity contribution in [2.45, 2.75) is 31.8 Å². The second-order valence-corrected chi connectivity index (χ2v) is 5.12. The summed E-state index contributed by atoms with van der Waals surface area (Å²) in [5, 5.41) is 13.4. The van der Waals surface area contributed by atoms with Crippen LogP contribution in [0, 0.1) is 0 Å². The van der Waals surface area contributed by atoms with Crippen LogP contribution < -0.4 is 16.8 Å². The van der Waals surface area contributed by atoms with E-state index in [2.05, 4.69) is 10.3 Å². The molecule has 1 rings (SSSR count). The normalized spacial score (nSPS) is 13.5. The molecule has 110 valence electrons. The number of carbonyl (C=O) groups excluding carboxylic acids is 2. The van der Waals surface area contributed by atoms with Crippen LogP contribution in [-0.2, 0) is 9.59 Å². The van der Waals surface area contributed by atoms with Gasteiger partial charge in [-0.05, 0) is 13.3 Å². The third kappa shape index (κ3) is 4.59. The first-order valence-electron chi connectivity index (χ1n) is 5.84. The lowest BCUT2D eigenvalue weighted by atomic mass is 10.1. The number of aromatic nitrogens is 1. The molecule has 1 aromatic heterocycles. The van der Waals surface area contributed by atoms with Crippen LogP contribution in [0.5, 0.6) is 0 Å². The Hall–Kier alpha value is -2.00. The molecule has 0 aromatic carbocycles. The van der Waals surface area contributed by atoms with Gasteiger partial charge in [-0.3, -0.25) is 9.59 Å². The van der Waals surface area contributed by atoms with Gasteiger partial charge >= 0.3 is 5.97 Å². The van der Waals surface area contributed by atoms with Crippen molar-refractivity contribution in [3.05, 3.63) is 16.1 Å². The Kier molecular flexibility index (Phi) is 5.59. The van der Waals surface area contributed by atoms with Gasteiger partial charge in [-0.15, -0.1) is 11.3 Å². The summed E-state index contributed by atoms with van der Waals surface area (Å²) in [4.78, 5) is 37.5. The fourth-order valence-corrected chi connectivity index (χ4v) is 2.14. The standard InChI is InChI=1S/C11H16N4O4S/c1-5(12)10-15-7(4-20-10)9(17)14-6(11(18)19)2-3-8(13)16/h4-6H,2-3,12H2,1H3,(H2,13,16)(H,14,17)(H,18,19). The minimum Gasteiger partial charge on any atom is -0.480 e. The van der Waals surface area contributed by atoms with E-state index in [1.54, 1.807) is 6.92 Å². The lowest BCUT2D eigenvalue weighted by Crippen LogP contribution is -2.41. The van der Waals surface area contributed by atoms with Crippen LogP contribution >= 0.6 is 11.3 Å². The van der Waals surface area contributed by atoms with Crippen LogP contribution in [0.25, 0.3) is 0 Å². The molecule has 9 heteroatoms. The second-order valence-electron chi connectivity index (χ2n) is 4.23. The average molecular weight is 300 g/mol. The summed E-state index contributed by atoms with van der Waals surface area (Å²) in [6, 6.07) is -1.48. The number of aliphatic carboxylic acids is 1. The fourth-order valence-electron chi connectivity index (χ4n) is 1.38. The number of hydrogen-bond donors (Lipinski definition) is 4. The molecular formula is C11H16N4O4S. The maximum Gasteiger partial charge on any atom is 0.326 e. The molecule has 8 nitrogen and oxygen atoms in total. The van der Waals surface area contributed by atoms with Crippen LogP contribution in [0.2, 0.25) is 0 Å². The summed E-state index contributed by atoms with van der Waals surface area (Å²) in [5.41, 5.74) is 10.7. The summed E-state index contributed by atoms with van der Waals surface area (Å²) >= 11 is 1.22. The van der Waals surface area contributed by atoms with Gasteiger partial charge in [0, 0.05) is 11.8 Å².